The number of amides is 1. The fourth-order valence-corrected chi connectivity index (χ4v) is 6.07. The van der Waals surface area contributed by atoms with Crippen LogP contribution in [0.5, 0.6) is 0 Å². The van der Waals surface area contributed by atoms with Crippen LogP contribution in [-0.4, -0.2) is 71.4 Å². The molecule has 2 aliphatic heterocycles. The van der Waals surface area contributed by atoms with Gasteiger partial charge in [-0.05, 0) is 53.7 Å². The Morgan fingerprint density at radius 1 is 1.00 bits per heavy atom. The molecule has 0 unspecified atom stereocenters. The smallest absolute Gasteiger partial charge is 0.403 e. The number of nitrogens with one attached hydrogen (secondary N) is 1. The lowest BCUT2D eigenvalue weighted by Gasteiger charge is -2.46. The molecule has 2 saturated heterocycles. The zero-order valence-corrected chi connectivity index (χ0v) is 22.7. The van der Waals surface area contributed by atoms with Gasteiger partial charge in [0.2, 0.25) is 5.91 Å². The second-order valence-electron chi connectivity index (χ2n) is 11.1. The van der Waals surface area contributed by atoms with Gasteiger partial charge in [-0.3, -0.25) is 14.7 Å². The van der Waals surface area contributed by atoms with E-state index in [0.29, 0.717) is 18.8 Å². The van der Waals surface area contributed by atoms with E-state index in [-0.39, 0.29) is 25.6 Å². The second-order valence-corrected chi connectivity index (χ2v) is 11.1. The molecule has 1 atom stereocenters. The molecule has 1 amide bonds. The summed E-state index contributed by atoms with van der Waals surface area (Å²) >= 11 is 0. The van der Waals surface area contributed by atoms with Crippen molar-refractivity contribution in [2.75, 3.05) is 26.3 Å². The molecular weight excluding hydrogens is 547 g/mol. The Hall–Kier alpha value is -4.02. The lowest BCUT2D eigenvalue weighted by Crippen LogP contribution is -2.61. The van der Waals surface area contributed by atoms with E-state index < -0.39 is 42.4 Å². The van der Waals surface area contributed by atoms with Gasteiger partial charge in [0.15, 0.2) is 0 Å². The van der Waals surface area contributed by atoms with Gasteiger partial charge < -0.3 is 15.2 Å². The number of fused-ring (bicyclic) bond motifs is 2. The van der Waals surface area contributed by atoms with Crippen LogP contribution in [0.25, 0.3) is 32.8 Å². The number of hydrogen-bond acceptors (Lipinski definition) is 5. The fourth-order valence-electron chi connectivity index (χ4n) is 6.07. The Kier molecular flexibility index (Phi) is 7.36. The molecule has 4 aromatic rings. The van der Waals surface area contributed by atoms with E-state index in [4.69, 9.17) is 4.74 Å². The zero-order valence-electron chi connectivity index (χ0n) is 22.7. The van der Waals surface area contributed by atoms with E-state index in [0.717, 1.165) is 32.8 Å². The predicted octanol–water partition coefficient (Wildman–Crippen LogP) is 5.21. The van der Waals surface area contributed by atoms with Crippen LogP contribution >= 0.6 is 0 Å². The number of hydrogen-bond donors (Lipinski definition) is 2. The number of carboxylic acid groups (broad SMARTS) is 1. The van der Waals surface area contributed by atoms with Gasteiger partial charge in [-0.25, -0.2) is 4.79 Å². The van der Waals surface area contributed by atoms with Crippen molar-refractivity contribution in [2.45, 2.75) is 37.5 Å². The number of aromatic nitrogens is 1. The normalized spacial score (nSPS) is 18.5. The van der Waals surface area contributed by atoms with E-state index >= 15 is 0 Å². The van der Waals surface area contributed by atoms with Gasteiger partial charge in [-0.1, -0.05) is 60.7 Å². The van der Waals surface area contributed by atoms with Gasteiger partial charge in [0.25, 0.3) is 0 Å². The predicted molar refractivity (Wildman–Crippen MR) is 152 cm³/mol. The van der Waals surface area contributed by atoms with E-state index in [1.165, 1.54) is 0 Å². The first-order chi connectivity index (χ1) is 20.2. The number of carbonyl (C=O) groups is 2. The molecule has 2 N–H and O–H groups in total. The minimum absolute atomic E-state index is 0.0622. The van der Waals surface area contributed by atoms with E-state index in [2.05, 4.69) is 10.3 Å². The van der Waals surface area contributed by atoms with Crippen LogP contribution in [0, 0.1) is 5.41 Å². The van der Waals surface area contributed by atoms with Crippen LogP contribution < -0.4 is 5.32 Å². The molecule has 0 spiro atoms. The summed E-state index contributed by atoms with van der Waals surface area (Å²) in [5.41, 5.74) is -0.457. The minimum atomic E-state index is -4.82. The molecule has 218 valence electrons. The van der Waals surface area contributed by atoms with Gasteiger partial charge in [0, 0.05) is 23.6 Å². The maximum absolute atomic E-state index is 14.4. The Balaban J connectivity index is 1.27. The fraction of sp³-hybridized carbons (Fsp3) is 0.344. The molecule has 2 aliphatic rings. The lowest BCUT2D eigenvalue weighted by molar-refractivity contribution is -0.236. The summed E-state index contributed by atoms with van der Waals surface area (Å²) in [5, 5.41) is 15.9. The average molecular weight is 578 g/mol. The molecule has 0 aliphatic carbocycles. The van der Waals surface area contributed by atoms with E-state index in [1.54, 1.807) is 18.3 Å². The average Bonchev–Trinajstić information content (AvgIpc) is 2.95. The number of alkyl halides is 3. The molecule has 10 heteroatoms. The van der Waals surface area contributed by atoms with Crippen LogP contribution in [0.1, 0.15) is 18.4 Å². The first kappa shape index (κ1) is 28.1. The summed E-state index contributed by atoms with van der Waals surface area (Å²) < 4.78 is 48.4. The van der Waals surface area contributed by atoms with Crippen molar-refractivity contribution >= 4 is 33.4 Å². The number of carboxylic acids is 1. The zero-order chi connectivity index (χ0) is 29.5. The van der Waals surface area contributed by atoms with Crippen LogP contribution in [0.2, 0.25) is 0 Å². The third-order valence-electron chi connectivity index (χ3n) is 8.71. The van der Waals surface area contributed by atoms with Crippen molar-refractivity contribution in [1.29, 1.82) is 0 Å². The molecule has 0 bridgehead atoms. The number of carbonyl (C=O) groups excluding carboxylic acids is 1. The standard InChI is InChI=1S/C32H30F3N3O4/c33-32(34,35)31(11-13-38(14-12-31)23-18-42-19-23)30(41)37-28(29(39)40)16-21-7-3-9-25-24(21)8-4-10-26(25)27-15-20-5-1-2-6-22(20)17-36-27/h1-10,15,17,23,28H,11-14,16,18-19H2,(H,37,41)(H,39,40)/t28-/m0/s1. The minimum Gasteiger partial charge on any atom is -0.480 e. The highest BCUT2D eigenvalue weighted by Crippen LogP contribution is 2.47. The number of rotatable bonds is 7. The number of piperidine rings is 1. The summed E-state index contributed by atoms with van der Waals surface area (Å²) in [6, 6.07) is 19.4. The highest BCUT2D eigenvalue weighted by Gasteiger charge is 2.61. The number of nitrogens with zero attached hydrogens (tertiary/aromatic N) is 2. The Morgan fingerprint density at radius 3 is 2.36 bits per heavy atom. The van der Waals surface area contributed by atoms with Crippen LogP contribution in [0.4, 0.5) is 13.2 Å². The molecular formula is C32H30F3N3O4. The molecule has 2 fully saturated rings. The molecule has 3 aromatic carbocycles. The van der Waals surface area contributed by atoms with Crippen molar-refractivity contribution in [2.24, 2.45) is 5.41 Å². The van der Waals surface area contributed by atoms with Gasteiger partial charge >= 0.3 is 12.1 Å². The summed E-state index contributed by atoms with van der Waals surface area (Å²) in [6.07, 6.45) is -4.05. The van der Waals surface area contributed by atoms with Crippen molar-refractivity contribution in [3.63, 3.8) is 0 Å². The third kappa shape index (κ3) is 5.09. The van der Waals surface area contributed by atoms with Crippen LogP contribution in [0.3, 0.4) is 0 Å². The number of pyridine rings is 1. The Labute approximate surface area is 240 Å². The monoisotopic (exact) mass is 577 g/mol. The lowest BCUT2D eigenvalue weighted by atomic mass is 9.76. The Bertz CT molecular complexity index is 1650. The molecule has 3 heterocycles. The summed E-state index contributed by atoms with van der Waals surface area (Å²) in [4.78, 5) is 32.1. The van der Waals surface area contributed by atoms with E-state index in [1.807, 2.05) is 59.5 Å². The van der Waals surface area contributed by atoms with Gasteiger partial charge in [0.1, 0.15) is 11.5 Å². The van der Waals surface area contributed by atoms with E-state index in [9.17, 15) is 27.9 Å². The first-order valence-electron chi connectivity index (χ1n) is 13.9. The quantitative estimate of drug-likeness (QED) is 0.314. The van der Waals surface area contributed by atoms with Crippen molar-refractivity contribution < 1.29 is 32.6 Å². The third-order valence-corrected chi connectivity index (χ3v) is 8.71. The van der Waals surface area contributed by atoms with Crippen LogP contribution in [-0.2, 0) is 20.7 Å². The number of ether oxygens (including phenoxy) is 1. The van der Waals surface area contributed by atoms with Crippen molar-refractivity contribution in [1.82, 2.24) is 15.2 Å². The molecule has 1 aromatic heterocycles. The molecule has 7 nitrogen and oxygen atoms in total. The summed E-state index contributed by atoms with van der Waals surface area (Å²) in [7, 11) is 0. The topological polar surface area (TPSA) is 91.8 Å². The number of halogens is 3. The van der Waals surface area contributed by atoms with Crippen molar-refractivity contribution in [3.8, 4) is 11.3 Å². The molecule has 0 radical (unpaired) electrons. The van der Waals surface area contributed by atoms with Gasteiger partial charge in [-0.2, -0.15) is 13.2 Å². The summed E-state index contributed by atoms with van der Waals surface area (Å²) in [5.74, 6) is -2.68. The Morgan fingerprint density at radius 2 is 1.69 bits per heavy atom. The first-order valence-corrected chi connectivity index (χ1v) is 13.9. The number of benzene rings is 3. The van der Waals surface area contributed by atoms with Crippen LogP contribution in [0.15, 0.2) is 72.9 Å². The SMILES string of the molecule is O=C(O)[C@H](Cc1cccc2c(-c3cc4ccccc4cn3)cccc12)NC(=O)C1(C(F)(F)F)CCN(C2COC2)CC1. The highest BCUT2D eigenvalue weighted by atomic mass is 19.4. The highest BCUT2D eigenvalue weighted by molar-refractivity contribution is 5.99. The van der Waals surface area contributed by atoms with Gasteiger partial charge in [0.05, 0.1) is 24.9 Å². The maximum atomic E-state index is 14.4. The second kappa shape index (κ2) is 11.0. The van der Waals surface area contributed by atoms with Gasteiger partial charge in [-0.15, -0.1) is 0 Å². The summed E-state index contributed by atoms with van der Waals surface area (Å²) in [6.45, 7) is 1.12. The van der Waals surface area contributed by atoms with Crippen molar-refractivity contribution in [3.05, 3.63) is 78.5 Å². The molecule has 0 saturated carbocycles. The number of aliphatic carboxylic acids is 1. The largest absolute Gasteiger partial charge is 0.480 e. The number of likely N-dealkylation sites (tertiary alicyclic amines) is 1. The molecule has 6 rings (SSSR count). The molecule has 42 heavy (non-hydrogen) atoms. The maximum Gasteiger partial charge on any atom is 0.403 e.